The lowest BCUT2D eigenvalue weighted by Crippen LogP contribution is -2.13. The molecule has 31 heavy (non-hydrogen) atoms. The van der Waals surface area contributed by atoms with E-state index in [1.165, 1.54) is 18.4 Å². The fourth-order valence-corrected chi connectivity index (χ4v) is 4.12. The van der Waals surface area contributed by atoms with Gasteiger partial charge in [0, 0.05) is 22.8 Å². The lowest BCUT2D eigenvalue weighted by atomic mass is 10.1. The number of anilines is 1. The van der Waals surface area contributed by atoms with Crippen molar-refractivity contribution in [3.63, 3.8) is 0 Å². The highest BCUT2D eigenvalue weighted by Gasteiger charge is 2.18. The first-order valence-corrected chi connectivity index (χ1v) is 10.5. The second-order valence-electron chi connectivity index (χ2n) is 6.74. The molecule has 0 aliphatic rings. The molecule has 1 N–H and O–H groups in total. The van der Waals surface area contributed by atoms with E-state index in [4.69, 9.17) is 21.1 Å². The summed E-state index contributed by atoms with van der Waals surface area (Å²) in [4.78, 5) is 16.8. The number of rotatable bonds is 6. The molecule has 0 radical (unpaired) electrons. The van der Waals surface area contributed by atoms with Gasteiger partial charge in [0.15, 0.2) is 5.13 Å². The molecule has 7 nitrogen and oxygen atoms in total. The van der Waals surface area contributed by atoms with Crippen LogP contribution in [0.25, 0.3) is 11.8 Å². The van der Waals surface area contributed by atoms with E-state index in [1.54, 1.807) is 25.3 Å². The van der Waals surface area contributed by atoms with Crippen LogP contribution < -0.4 is 14.8 Å². The van der Waals surface area contributed by atoms with Crippen molar-refractivity contribution in [2.45, 2.75) is 20.8 Å². The quantitative estimate of drug-likeness (QED) is 0.413. The van der Waals surface area contributed by atoms with Gasteiger partial charge in [-0.15, -0.1) is 11.3 Å². The van der Waals surface area contributed by atoms with Gasteiger partial charge in [-0.2, -0.15) is 5.26 Å². The Morgan fingerprint density at radius 3 is 2.52 bits per heavy atom. The number of ether oxygens (including phenoxy) is 2. The molecule has 3 rings (SSSR count). The molecule has 0 aliphatic carbocycles. The molecule has 0 unspecified atom stereocenters. The molecule has 0 bridgehead atoms. The van der Waals surface area contributed by atoms with Gasteiger partial charge in [0.05, 0.1) is 30.6 Å². The molecule has 0 saturated carbocycles. The SMILES string of the molecule is COc1cc(OC)c(-n2c(C)cc(C=C(C#N)C(=O)Nc3nc(C)cs3)c2C)cc1Cl. The third-order valence-corrected chi connectivity index (χ3v) is 5.84. The summed E-state index contributed by atoms with van der Waals surface area (Å²) in [5.74, 6) is 0.577. The molecule has 3 aromatic rings. The maximum absolute atomic E-state index is 12.6. The predicted octanol–water partition coefficient (Wildman–Crippen LogP) is 5.08. The summed E-state index contributed by atoms with van der Waals surface area (Å²) in [5.41, 5.74) is 3.95. The molecule has 2 aromatic heterocycles. The molecule has 0 aliphatic heterocycles. The fourth-order valence-electron chi connectivity index (χ4n) is 3.20. The van der Waals surface area contributed by atoms with E-state index in [0.29, 0.717) is 21.7 Å². The topological polar surface area (TPSA) is 89.2 Å². The van der Waals surface area contributed by atoms with Crippen molar-refractivity contribution in [1.29, 1.82) is 5.26 Å². The molecule has 1 aromatic carbocycles. The summed E-state index contributed by atoms with van der Waals surface area (Å²) in [6.07, 6.45) is 1.56. The highest BCUT2D eigenvalue weighted by molar-refractivity contribution is 7.13. The number of aryl methyl sites for hydroxylation is 2. The number of hydrogen-bond donors (Lipinski definition) is 1. The minimum Gasteiger partial charge on any atom is -0.495 e. The van der Waals surface area contributed by atoms with Crippen molar-refractivity contribution < 1.29 is 14.3 Å². The molecule has 1 amide bonds. The third kappa shape index (κ3) is 4.58. The van der Waals surface area contributed by atoms with Crippen LogP contribution in [0.5, 0.6) is 11.5 Å². The number of halogens is 1. The number of methoxy groups -OCH3 is 2. The predicted molar refractivity (Wildman–Crippen MR) is 122 cm³/mol. The Balaban J connectivity index is 2.02. The number of carbonyl (C=O) groups is 1. The number of nitrogens with zero attached hydrogens (tertiary/aromatic N) is 3. The van der Waals surface area contributed by atoms with E-state index < -0.39 is 5.91 Å². The van der Waals surface area contributed by atoms with Crippen molar-refractivity contribution in [1.82, 2.24) is 9.55 Å². The standard InChI is InChI=1S/C22H21ClN4O3S/c1-12-11-31-22(25-12)26-21(28)16(10-24)7-15-6-13(2)27(14(15)3)18-8-17(23)19(29-4)9-20(18)30-5/h6-9,11H,1-5H3,(H,25,26,28). The van der Waals surface area contributed by atoms with E-state index in [-0.39, 0.29) is 5.57 Å². The van der Waals surface area contributed by atoms with Gasteiger partial charge in [0.1, 0.15) is 23.1 Å². The van der Waals surface area contributed by atoms with Crippen LogP contribution >= 0.6 is 22.9 Å². The lowest BCUT2D eigenvalue weighted by molar-refractivity contribution is -0.112. The van der Waals surface area contributed by atoms with Gasteiger partial charge in [-0.05, 0) is 44.5 Å². The molecule has 0 saturated heterocycles. The Kier molecular flexibility index (Phi) is 6.68. The summed E-state index contributed by atoms with van der Waals surface area (Å²) in [6.45, 7) is 5.65. The number of benzene rings is 1. The van der Waals surface area contributed by atoms with Gasteiger partial charge in [-0.3, -0.25) is 10.1 Å². The maximum atomic E-state index is 12.6. The normalized spacial score (nSPS) is 11.2. The third-order valence-electron chi connectivity index (χ3n) is 4.67. The average Bonchev–Trinajstić information content (AvgIpc) is 3.27. The Hall–Kier alpha value is -3.28. The molecule has 9 heteroatoms. The van der Waals surface area contributed by atoms with Gasteiger partial charge in [0.2, 0.25) is 0 Å². The van der Waals surface area contributed by atoms with Crippen molar-refractivity contribution in [2.24, 2.45) is 0 Å². The number of carbonyl (C=O) groups excluding carboxylic acids is 1. The van der Waals surface area contributed by atoms with Crippen LogP contribution in [0, 0.1) is 32.1 Å². The summed E-state index contributed by atoms with van der Waals surface area (Å²) in [7, 11) is 3.11. The summed E-state index contributed by atoms with van der Waals surface area (Å²) in [6, 6.07) is 7.35. The first-order chi connectivity index (χ1) is 14.8. The smallest absolute Gasteiger partial charge is 0.268 e. The Bertz CT molecular complexity index is 1220. The Morgan fingerprint density at radius 1 is 1.23 bits per heavy atom. The van der Waals surface area contributed by atoms with Crippen LogP contribution in [0.4, 0.5) is 5.13 Å². The van der Waals surface area contributed by atoms with Crippen LogP contribution in [0.3, 0.4) is 0 Å². The van der Waals surface area contributed by atoms with Gasteiger partial charge in [-0.25, -0.2) is 4.98 Å². The molecule has 2 heterocycles. The number of nitrogens with one attached hydrogen (secondary N) is 1. The number of aromatic nitrogens is 2. The molecule has 160 valence electrons. The summed E-state index contributed by atoms with van der Waals surface area (Å²) < 4.78 is 12.8. The zero-order valence-corrected chi connectivity index (χ0v) is 19.3. The highest BCUT2D eigenvalue weighted by atomic mass is 35.5. The lowest BCUT2D eigenvalue weighted by Gasteiger charge is -2.16. The number of amides is 1. The van der Waals surface area contributed by atoms with Crippen LogP contribution in [0.15, 0.2) is 29.2 Å². The molecular formula is C22H21ClN4O3S. The Labute approximate surface area is 189 Å². The van der Waals surface area contributed by atoms with Crippen molar-refractivity contribution in [2.75, 3.05) is 19.5 Å². The minimum absolute atomic E-state index is 0.0205. The largest absolute Gasteiger partial charge is 0.495 e. The van der Waals surface area contributed by atoms with E-state index in [9.17, 15) is 10.1 Å². The Morgan fingerprint density at radius 2 is 1.94 bits per heavy atom. The second kappa shape index (κ2) is 9.25. The first kappa shape index (κ1) is 22.4. The first-order valence-electron chi connectivity index (χ1n) is 9.25. The average molecular weight is 457 g/mol. The van der Waals surface area contributed by atoms with Gasteiger partial charge in [0.25, 0.3) is 5.91 Å². The zero-order chi connectivity index (χ0) is 22.7. The van der Waals surface area contributed by atoms with Gasteiger partial charge >= 0.3 is 0 Å². The van der Waals surface area contributed by atoms with Crippen LogP contribution in [-0.2, 0) is 4.79 Å². The molecule has 0 spiro atoms. The van der Waals surface area contributed by atoms with Crippen LogP contribution in [0.2, 0.25) is 5.02 Å². The van der Waals surface area contributed by atoms with Crippen molar-refractivity contribution in [3.05, 3.63) is 56.8 Å². The summed E-state index contributed by atoms with van der Waals surface area (Å²) >= 11 is 7.65. The second-order valence-corrected chi connectivity index (χ2v) is 8.00. The highest BCUT2D eigenvalue weighted by Crippen LogP contribution is 2.37. The fraction of sp³-hybridized carbons (Fsp3) is 0.227. The van der Waals surface area contributed by atoms with Crippen LogP contribution in [-0.4, -0.2) is 29.7 Å². The van der Waals surface area contributed by atoms with Crippen LogP contribution in [0.1, 0.15) is 22.6 Å². The van der Waals surface area contributed by atoms with Gasteiger partial charge in [-0.1, -0.05) is 11.6 Å². The number of thiazole rings is 1. The number of hydrogen-bond acceptors (Lipinski definition) is 6. The van der Waals surface area contributed by atoms with E-state index >= 15 is 0 Å². The molecule has 0 atom stereocenters. The maximum Gasteiger partial charge on any atom is 0.268 e. The van der Waals surface area contributed by atoms with E-state index in [2.05, 4.69) is 10.3 Å². The van der Waals surface area contributed by atoms with Gasteiger partial charge < -0.3 is 14.0 Å². The minimum atomic E-state index is -0.508. The number of nitriles is 1. The molecule has 0 fully saturated rings. The van der Waals surface area contributed by atoms with Crippen molar-refractivity contribution in [3.8, 4) is 23.3 Å². The molecular weight excluding hydrogens is 436 g/mol. The summed E-state index contributed by atoms with van der Waals surface area (Å²) in [5, 5.41) is 14.9. The van der Waals surface area contributed by atoms with E-state index in [1.807, 2.05) is 42.9 Å². The van der Waals surface area contributed by atoms with E-state index in [0.717, 1.165) is 28.3 Å². The van der Waals surface area contributed by atoms with Crippen molar-refractivity contribution >= 4 is 40.1 Å². The zero-order valence-electron chi connectivity index (χ0n) is 17.7. The monoisotopic (exact) mass is 456 g/mol.